The Balaban J connectivity index is 2.74. The summed E-state index contributed by atoms with van der Waals surface area (Å²) in [5, 5.41) is 8.85. The standard InChI is InChI=1S/C11H19N3O3S/c1-2-9(5-7-15)8-14-18(16,17)10-4-3-6-13-11(10)12/h3-4,6,9,14-15H,2,5,7-8H2,1H3,(H2,12,13). The number of anilines is 1. The first-order valence-electron chi connectivity index (χ1n) is 5.82. The van der Waals surface area contributed by atoms with Gasteiger partial charge in [-0.2, -0.15) is 0 Å². The molecule has 0 amide bonds. The average molecular weight is 273 g/mol. The molecule has 4 N–H and O–H groups in total. The Labute approximate surface area is 107 Å². The maximum Gasteiger partial charge on any atom is 0.244 e. The summed E-state index contributed by atoms with van der Waals surface area (Å²) in [5.74, 6) is 0.0999. The van der Waals surface area contributed by atoms with E-state index in [2.05, 4.69) is 9.71 Å². The molecular formula is C11H19N3O3S. The number of aromatic nitrogens is 1. The van der Waals surface area contributed by atoms with Gasteiger partial charge in [-0.1, -0.05) is 13.3 Å². The van der Waals surface area contributed by atoms with E-state index in [-0.39, 0.29) is 29.8 Å². The highest BCUT2D eigenvalue weighted by Gasteiger charge is 2.19. The predicted molar refractivity (Wildman–Crippen MR) is 69.3 cm³/mol. The van der Waals surface area contributed by atoms with E-state index in [0.717, 1.165) is 6.42 Å². The van der Waals surface area contributed by atoms with Crippen LogP contribution in [0.3, 0.4) is 0 Å². The monoisotopic (exact) mass is 273 g/mol. The zero-order valence-corrected chi connectivity index (χ0v) is 11.2. The molecule has 1 aromatic rings. The number of pyridine rings is 1. The normalized spacial score (nSPS) is 13.4. The van der Waals surface area contributed by atoms with E-state index in [4.69, 9.17) is 10.8 Å². The van der Waals surface area contributed by atoms with Gasteiger partial charge in [-0.3, -0.25) is 0 Å². The smallest absolute Gasteiger partial charge is 0.244 e. The summed E-state index contributed by atoms with van der Waals surface area (Å²) < 4.78 is 26.5. The van der Waals surface area contributed by atoms with Crippen LogP contribution in [0.15, 0.2) is 23.2 Å². The predicted octanol–water partition coefficient (Wildman–Crippen LogP) is 0.351. The summed E-state index contributed by atoms with van der Waals surface area (Å²) >= 11 is 0. The third-order valence-electron chi connectivity index (χ3n) is 2.77. The van der Waals surface area contributed by atoms with Crippen LogP contribution in [0, 0.1) is 5.92 Å². The van der Waals surface area contributed by atoms with Crippen LogP contribution < -0.4 is 10.5 Å². The van der Waals surface area contributed by atoms with Gasteiger partial charge in [0, 0.05) is 19.3 Å². The molecule has 7 heteroatoms. The largest absolute Gasteiger partial charge is 0.396 e. The average Bonchev–Trinajstić information content (AvgIpc) is 2.34. The van der Waals surface area contributed by atoms with Crippen LogP contribution in [0.4, 0.5) is 5.82 Å². The fourth-order valence-corrected chi connectivity index (χ4v) is 2.76. The molecular weight excluding hydrogens is 254 g/mol. The summed E-state index contributed by atoms with van der Waals surface area (Å²) in [6, 6.07) is 2.94. The minimum absolute atomic E-state index is 0.0103. The second-order valence-electron chi connectivity index (χ2n) is 4.03. The Morgan fingerprint density at radius 2 is 2.28 bits per heavy atom. The lowest BCUT2D eigenvalue weighted by Gasteiger charge is -2.14. The van der Waals surface area contributed by atoms with Crippen LogP contribution in [0.5, 0.6) is 0 Å². The summed E-state index contributed by atoms with van der Waals surface area (Å²) in [4.78, 5) is 3.74. The van der Waals surface area contributed by atoms with Gasteiger partial charge in [-0.15, -0.1) is 0 Å². The fraction of sp³-hybridized carbons (Fsp3) is 0.545. The lowest BCUT2D eigenvalue weighted by molar-refractivity contribution is 0.254. The van der Waals surface area contributed by atoms with Crippen molar-refractivity contribution in [3.8, 4) is 0 Å². The number of nitrogen functional groups attached to an aromatic ring is 1. The van der Waals surface area contributed by atoms with Crippen molar-refractivity contribution in [2.24, 2.45) is 5.92 Å². The number of rotatable bonds is 7. The molecule has 0 aromatic carbocycles. The topological polar surface area (TPSA) is 105 Å². The molecule has 0 radical (unpaired) electrons. The van der Waals surface area contributed by atoms with Gasteiger partial charge in [0.15, 0.2) is 0 Å². The molecule has 0 aliphatic rings. The quantitative estimate of drug-likeness (QED) is 0.665. The van der Waals surface area contributed by atoms with E-state index in [1.54, 1.807) is 0 Å². The van der Waals surface area contributed by atoms with Crippen molar-refractivity contribution in [1.29, 1.82) is 0 Å². The minimum Gasteiger partial charge on any atom is -0.396 e. The zero-order chi connectivity index (χ0) is 13.6. The Bertz CT molecular complexity index is 476. The minimum atomic E-state index is -3.63. The highest BCUT2D eigenvalue weighted by atomic mass is 32.2. The Morgan fingerprint density at radius 3 is 2.83 bits per heavy atom. The van der Waals surface area contributed by atoms with Crippen LogP contribution in [0.1, 0.15) is 19.8 Å². The van der Waals surface area contributed by atoms with Crippen molar-refractivity contribution >= 4 is 15.8 Å². The van der Waals surface area contributed by atoms with Gasteiger partial charge in [-0.25, -0.2) is 18.1 Å². The number of nitrogens with two attached hydrogens (primary N) is 1. The van der Waals surface area contributed by atoms with Crippen molar-refractivity contribution in [2.75, 3.05) is 18.9 Å². The molecule has 18 heavy (non-hydrogen) atoms. The summed E-state index contributed by atoms with van der Waals surface area (Å²) in [6.07, 6.45) is 2.81. The van der Waals surface area contributed by atoms with Crippen LogP contribution in [0.25, 0.3) is 0 Å². The van der Waals surface area contributed by atoms with Gasteiger partial charge in [0.2, 0.25) is 10.0 Å². The molecule has 0 aliphatic carbocycles. The van der Waals surface area contributed by atoms with Gasteiger partial charge < -0.3 is 10.8 Å². The number of hydrogen-bond acceptors (Lipinski definition) is 5. The molecule has 1 rings (SSSR count). The molecule has 0 spiro atoms. The Hall–Kier alpha value is -1.18. The highest BCUT2D eigenvalue weighted by molar-refractivity contribution is 7.89. The van der Waals surface area contributed by atoms with Crippen molar-refractivity contribution in [1.82, 2.24) is 9.71 Å². The molecule has 0 saturated carbocycles. The molecule has 0 bridgehead atoms. The third-order valence-corrected chi connectivity index (χ3v) is 4.24. The van der Waals surface area contributed by atoms with Crippen LogP contribution in [-0.4, -0.2) is 31.7 Å². The van der Waals surface area contributed by atoms with E-state index < -0.39 is 10.0 Å². The first kappa shape index (κ1) is 14.9. The molecule has 6 nitrogen and oxygen atoms in total. The summed E-state index contributed by atoms with van der Waals surface area (Å²) in [6.45, 7) is 2.29. The molecule has 1 unspecified atom stereocenters. The van der Waals surface area contributed by atoms with Crippen molar-refractivity contribution in [2.45, 2.75) is 24.7 Å². The van der Waals surface area contributed by atoms with Gasteiger partial charge in [0.05, 0.1) is 0 Å². The van der Waals surface area contributed by atoms with E-state index in [1.165, 1.54) is 18.3 Å². The first-order valence-corrected chi connectivity index (χ1v) is 7.30. The van der Waals surface area contributed by atoms with Gasteiger partial charge in [0.25, 0.3) is 0 Å². The number of aliphatic hydroxyl groups is 1. The van der Waals surface area contributed by atoms with E-state index in [0.29, 0.717) is 6.42 Å². The molecule has 0 aliphatic heterocycles. The van der Waals surface area contributed by atoms with Gasteiger partial charge in [-0.05, 0) is 24.5 Å². The molecule has 0 fully saturated rings. The van der Waals surface area contributed by atoms with Gasteiger partial charge >= 0.3 is 0 Å². The van der Waals surface area contributed by atoms with Crippen LogP contribution in [0.2, 0.25) is 0 Å². The van der Waals surface area contributed by atoms with Crippen LogP contribution >= 0.6 is 0 Å². The lowest BCUT2D eigenvalue weighted by Crippen LogP contribution is -2.30. The molecule has 1 heterocycles. The van der Waals surface area contributed by atoms with Crippen molar-refractivity contribution < 1.29 is 13.5 Å². The molecule has 0 saturated heterocycles. The Kier molecular flexibility index (Phi) is 5.52. The van der Waals surface area contributed by atoms with E-state index in [1.807, 2.05) is 6.92 Å². The molecule has 1 aromatic heterocycles. The second kappa shape index (κ2) is 6.67. The first-order chi connectivity index (χ1) is 8.51. The van der Waals surface area contributed by atoms with Crippen LogP contribution in [-0.2, 0) is 10.0 Å². The number of nitrogens with zero attached hydrogens (tertiary/aromatic N) is 1. The van der Waals surface area contributed by atoms with E-state index in [9.17, 15) is 8.42 Å². The van der Waals surface area contributed by atoms with Crippen molar-refractivity contribution in [3.05, 3.63) is 18.3 Å². The van der Waals surface area contributed by atoms with E-state index >= 15 is 0 Å². The third kappa shape index (κ3) is 3.94. The number of nitrogens with one attached hydrogen (secondary N) is 1. The fourth-order valence-electron chi connectivity index (χ4n) is 1.57. The number of hydrogen-bond donors (Lipinski definition) is 3. The highest BCUT2D eigenvalue weighted by Crippen LogP contribution is 2.15. The van der Waals surface area contributed by atoms with Gasteiger partial charge in [0.1, 0.15) is 10.7 Å². The second-order valence-corrected chi connectivity index (χ2v) is 5.76. The molecule has 102 valence electrons. The number of sulfonamides is 1. The lowest BCUT2D eigenvalue weighted by atomic mass is 10.0. The zero-order valence-electron chi connectivity index (χ0n) is 10.3. The summed E-state index contributed by atoms with van der Waals surface area (Å²) in [5.41, 5.74) is 5.53. The Morgan fingerprint density at radius 1 is 1.56 bits per heavy atom. The maximum atomic E-state index is 12.0. The maximum absolute atomic E-state index is 12.0. The molecule has 1 atom stereocenters. The summed E-state index contributed by atoms with van der Waals surface area (Å²) in [7, 11) is -3.63. The SMILES string of the molecule is CCC(CCO)CNS(=O)(=O)c1cccnc1N. The number of aliphatic hydroxyl groups excluding tert-OH is 1. The van der Waals surface area contributed by atoms with Crippen molar-refractivity contribution in [3.63, 3.8) is 0 Å².